The molecule has 1 fully saturated rings. The van der Waals surface area contributed by atoms with Crippen molar-refractivity contribution in [3.63, 3.8) is 0 Å². The Hall–Kier alpha value is -1.17. The number of halogens is 3. The second-order valence-corrected chi connectivity index (χ2v) is 5.43. The Labute approximate surface area is 112 Å². The zero-order valence-corrected chi connectivity index (χ0v) is 11.3. The average Bonchev–Trinajstić information content (AvgIpc) is 2.60. The van der Waals surface area contributed by atoms with Crippen LogP contribution in [0.2, 0.25) is 0 Å². The van der Waals surface area contributed by atoms with Crippen molar-refractivity contribution in [2.45, 2.75) is 24.8 Å². The van der Waals surface area contributed by atoms with Gasteiger partial charge in [0.1, 0.15) is 5.75 Å². The van der Waals surface area contributed by atoms with Gasteiger partial charge in [0.15, 0.2) is 0 Å². The molecule has 0 spiro atoms. The van der Waals surface area contributed by atoms with E-state index in [-0.39, 0.29) is 16.5 Å². The third kappa shape index (κ3) is 2.80. The fourth-order valence-corrected chi connectivity index (χ4v) is 2.46. The van der Waals surface area contributed by atoms with Gasteiger partial charge in [0.2, 0.25) is 5.91 Å². The van der Waals surface area contributed by atoms with Crippen molar-refractivity contribution in [2.75, 3.05) is 11.4 Å². The smallest absolute Gasteiger partial charge is 0.387 e. The van der Waals surface area contributed by atoms with E-state index in [4.69, 9.17) is 0 Å². The maximum Gasteiger partial charge on any atom is 0.387 e. The fraction of sp³-hybridized carbons (Fsp3) is 0.417. The summed E-state index contributed by atoms with van der Waals surface area (Å²) in [7, 11) is 0. The SMILES string of the molecule is Cc1ccc(N2CC(Br)CC2=O)cc1OC(F)F. The highest BCUT2D eigenvalue weighted by molar-refractivity contribution is 9.09. The molecule has 6 heteroatoms. The van der Waals surface area contributed by atoms with E-state index in [1.807, 2.05) is 0 Å². The normalized spacial score (nSPS) is 19.7. The Kier molecular flexibility index (Phi) is 3.85. The van der Waals surface area contributed by atoms with Gasteiger partial charge in [-0.05, 0) is 18.6 Å². The van der Waals surface area contributed by atoms with E-state index < -0.39 is 6.61 Å². The topological polar surface area (TPSA) is 29.5 Å². The Bertz CT molecular complexity index is 467. The monoisotopic (exact) mass is 319 g/mol. The molecule has 1 heterocycles. The van der Waals surface area contributed by atoms with Gasteiger partial charge in [-0.1, -0.05) is 22.0 Å². The summed E-state index contributed by atoms with van der Waals surface area (Å²) in [6.45, 7) is -0.645. The summed E-state index contributed by atoms with van der Waals surface area (Å²) in [5.41, 5.74) is 1.20. The van der Waals surface area contributed by atoms with Crippen LogP contribution in [0.5, 0.6) is 5.75 Å². The Morgan fingerprint density at radius 2 is 2.22 bits per heavy atom. The second-order valence-electron chi connectivity index (χ2n) is 4.13. The van der Waals surface area contributed by atoms with Crippen LogP contribution in [0.3, 0.4) is 0 Å². The number of carbonyl (C=O) groups excluding carboxylic acids is 1. The first-order valence-corrected chi connectivity index (χ1v) is 6.39. The molecule has 1 aliphatic heterocycles. The number of anilines is 1. The maximum atomic E-state index is 12.2. The highest BCUT2D eigenvalue weighted by Crippen LogP contribution is 2.30. The van der Waals surface area contributed by atoms with E-state index in [2.05, 4.69) is 20.7 Å². The number of rotatable bonds is 3. The first kappa shape index (κ1) is 13.3. The van der Waals surface area contributed by atoms with Gasteiger partial charge in [0.25, 0.3) is 0 Å². The number of ether oxygens (including phenoxy) is 1. The van der Waals surface area contributed by atoms with Crippen molar-refractivity contribution in [3.8, 4) is 5.75 Å². The molecule has 1 aromatic carbocycles. The van der Waals surface area contributed by atoms with Gasteiger partial charge in [0.05, 0.1) is 0 Å². The molecule has 0 saturated carbocycles. The molecule has 0 bridgehead atoms. The molecule has 1 amide bonds. The molecule has 1 unspecified atom stereocenters. The van der Waals surface area contributed by atoms with Crippen LogP contribution in [-0.2, 0) is 4.79 Å². The van der Waals surface area contributed by atoms with Crippen molar-refractivity contribution in [1.82, 2.24) is 0 Å². The second kappa shape index (κ2) is 5.22. The van der Waals surface area contributed by atoms with Crippen molar-refractivity contribution < 1.29 is 18.3 Å². The summed E-state index contributed by atoms with van der Waals surface area (Å²) in [6.07, 6.45) is 0.416. The Morgan fingerprint density at radius 1 is 1.50 bits per heavy atom. The lowest BCUT2D eigenvalue weighted by Crippen LogP contribution is -2.24. The van der Waals surface area contributed by atoms with E-state index in [1.165, 1.54) is 6.07 Å². The van der Waals surface area contributed by atoms with Crippen molar-refractivity contribution >= 4 is 27.5 Å². The van der Waals surface area contributed by atoms with Crippen molar-refractivity contribution in [1.29, 1.82) is 0 Å². The number of aryl methyl sites for hydroxylation is 1. The number of carbonyl (C=O) groups is 1. The largest absolute Gasteiger partial charge is 0.434 e. The molecule has 18 heavy (non-hydrogen) atoms. The highest BCUT2D eigenvalue weighted by atomic mass is 79.9. The number of hydrogen-bond donors (Lipinski definition) is 0. The molecule has 0 N–H and O–H groups in total. The maximum absolute atomic E-state index is 12.2. The summed E-state index contributed by atoms with van der Waals surface area (Å²) in [5, 5.41) is 0. The quantitative estimate of drug-likeness (QED) is 0.801. The average molecular weight is 320 g/mol. The molecule has 0 radical (unpaired) electrons. The van der Waals surface area contributed by atoms with Crippen LogP contribution >= 0.6 is 15.9 Å². The molecule has 1 aromatic rings. The lowest BCUT2D eigenvalue weighted by molar-refractivity contribution is -0.117. The van der Waals surface area contributed by atoms with Crippen LogP contribution < -0.4 is 9.64 Å². The van der Waals surface area contributed by atoms with Crippen LogP contribution in [0.15, 0.2) is 18.2 Å². The molecule has 0 aliphatic carbocycles. The van der Waals surface area contributed by atoms with E-state index in [1.54, 1.807) is 24.0 Å². The van der Waals surface area contributed by atoms with Gasteiger partial charge >= 0.3 is 6.61 Å². The van der Waals surface area contributed by atoms with Crippen molar-refractivity contribution in [3.05, 3.63) is 23.8 Å². The number of nitrogens with zero attached hydrogens (tertiary/aromatic N) is 1. The number of alkyl halides is 3. The van der Waals surface area contributed by atoms with Crippen molar-refractivity contribution in [2.24, 2.45) is 0 Å². The first-order chi connectivity index (χ1) is 8.47. The zero-order valence-electron chi connectivity index (χ0n) is 9.70. The summed E-state index contributed by atoms with van der Waals surface area (Å²) >= 11 is 3.38. The minimum atomic E-state index is -2.86. The van der Waals surface area contributed by atoms with Crippen LogP contribution in [0.4, 0.5) is 14.5 Å². The number of benzene rings is 1. The zero-order chi connectivity index (χ0) is 13.3. The van der Waals surface area contributed by atoms with Crippen LogP contribution in [-0.4, -0.2) is 23.9 Å². The number of hydrogen-bond acceptors (Lipinski definition) is 2. The van der Waals surface area contributed by atoms with Gasteiger partial charge in [-0.25, -0.2) is 0 Å². The summed E-state index contributed by atoms with van der Waals surface area (Å²) < 4.78 is 28.9. The summed E-state index contributed by atoms with van der Waals surface area (Å²) in [4.78, 5) is 13.4. The minimum absolute atomic E-state index is 0.0243. The standard InChI is InChI=1S/C12H12BrF2NO2/c1-7-2-3-9(5-10(7)18-12(14)15)16-6-8(13)4-11(16)17/h2-3,5,8,12H,4,6H2,1H3. The molecule has 1 aliphatic rings. The minimum Gasteiger partial charge on any atom is -0.434 e. The van der Waals surface area contributed by atoms with Gasteiger partial charge in [-0.2, -0.15) is 8.78 Å². The molecule has 2 rings (SSSR count). The molecular weight excluding hydrogens is 308 g/mol. The fourth-order valence-electron chi connectivity index (χ4n) is 1.89. The van der Waals surface area contributed by atoms with E-state index in [0.29, 0.717) is 24.2 Å². The molecule has 0 aromatic heterocycles. The molecule has 1 saturated heterocycles. The molecular formula is C12H12BrF2NO2. The molecule has 98 valence electrons. The lowest BCUT2D eigenvalue weighted by Gasteiger charge is -2.18. The first-order valence-electron chi connectivity index (χ1n) is 5.47. The number of amides is 1. The third-order valence-corrected chi connectivity index (χ3v) is 3.39. The summed E-state index contributed by atoms with van der Waals surface area (Å²) in [5.74, 6) is 0.0806. The Morgan fingerprint density at radius 3 is 2.78 bits per heavy atom. The summed E-state index contributed by atoms with van der Waals surface area (Å²) in [6, 6.07) is 4.88. The highest BCUT2D eigenvalue weighted by Gasteiger charge is 2.29. The van der Waals surface area contributed by atoms with E-state index >= 15 is 0 Å². The third-order valence-electron chi connectivity index (χ3n) is 2.78. The molecule has 1 atom stereocenters. The van der Waals surface area contributed by atoms with E-state index in [9.17, 15) is 13.6 Å². The van der Waals surface area contributed by atoms with Crippen LogP contribution in [0, 0.1) is 6.92 Å². The Balaban J connectivity index is 2.26. The predicted molar refractivity (Wildman–Crippen MR) is 67.5 cm³/mol. The van der Waals surface area contributed by atoms with Gasteiger partial charge in [-0.3, -0.25) is 4.79 Å². The lowest BCUT2D eigenvalue weighted by atomic mass is 10.2. The van der Waals surface area contributed by atoms with Gasteiger partial charge < -0.3 is 9.64 Å². The molecule has 3 nitrogen and oxygen atoms in total. The van der Waals surface area contributed by atoms with Crippen LogP contribution in [0.25, 0.3) is 0 Å². The van der Waals surface area contributed by atoms with Gasteiger partial charge in [0, 0.05) is 29.5 Å². The van der Waals surface area contributed by atoms with Crippen LogP contribution in [0.1, 0.15) is 12.0 Å². The predicted octanol–water partition coefficient (Wildman–Crippen LogP) is 3.10. The van der Waals surface area contributed by atoms with E-state index in [0.717, 1.165) is 0 Å². The van der Waals surface area contributed by atoms with Gasteiger partial charge in [-0.15, -0.1) is 0 Å².